The van der Waals surface area contributed by atoms with Gasteiger partial charge in [-0.15, -0.1) is 0 Å². The molecule has 27 heavy (non-hydrogen) atoms. The van der Waals surface area contributed by atoms with E-state index in [1.165, 1.54) is 13.8 Å². The van der Waals surface area contributed by atoms with Crippen LogP contribution in [-0.2, 0) is 4.74 Å². The highest BCUT2D eigenvalue weighted by atomic mass is 19.4. The van der Waals surface area contributed by atoms with Crippen molar-refractivity contribution in [2.24, 2.45) is 0 Å². The van der Waals surface area contributed by atoms with E-state index in [9.17, 15) is 27.2 Å². The minimum atomic E-state index is -4.80. The van der Waals surface area contributed by atoms with Gasteiger partial charge in [-0.1, -0.05) is 12.1 Å². The molecule has 1 aromatic heterocycles. The van der Waals surface area contributed by atoms with Crippen LogP contribution < -0.4 is 5.32 Å². The molecule has 0 aliphatic rings. The molecule has 1 atom stereocenters. The van der Waals surface area contributed by atoms with Crippen molar-refractivity contribution in [3.05, 3.63) is 58.2 Å². The summed E-state index contributed by atoms with van der Waals surface area (Å²) in [4.78, 5) is 27.0. The summed E-state index contributed by atoms with van der Waals surface area (Å²) < 4.78 is 58.1. The van der Waals surface area contributed by atoms with E-state index >= 15 is 0 Å². The minimum Gasteiger partial charge on any atom is -0.462 e. The number of ether oxygens (including phenoxy) is 1. The van der Waals surface area contributed by atoms with Crippen molar-refractivity contribution < 1.29 is 31.9 Å². The lowest BCUT2D eigenvalue weighted by atomic mass is 10.1. The SMILES string of the molecule is CCOC(=O)c1c(C)[nH]c(C(=O)NC(c2ccc(F)cc2)C(F)(F)F)c1C. The summed E-state index contributed by atoms with van der Waals surface area (Å²) in [6, 6.07) is 1.32. The second-order valence-electron chi connectivity index (χ2n) is 5.85. The van der Waals surface area contributed by atoms with Gasteiger partial charge in [0.05, 0.1) is 12.2 Å². The van der Waals surface area contributed by atoms with E-state index in [0.717, 1.165) is 24.3 Å². The van der Waals surface area contributed by atoms with Gasteiger partial charge in [0.15, 0.2) is 6.04 Å². The molecule has 146 valence electrons. The number of amides is 1. The van der Waals surface area contributed by atoms with E-state index in [4.69, 9.17) is 4.74 Å². The molecule has 1 amide bonds. The minimum absolute atomic E-state index is 0.104. The Bertz CT molecular complexity index is 842. The van der Waals surface area contributed by atoms with Crippen LogP contribution in [0.5, 0.6) is 0 Å². The number of hydrogen-bond donors (Lipinski definition) is 2. The number of rotatable bonds is 5. The molecule has 2 aromatic rings. The number of nitrogens with one attached hydrogen (secondary N) is 2. The van der Waals surface area contributed by atoms with Gasteiger partial charge >= 0.3 is 12.1 Å². The second kappa shape index (κ2) is 7.81. The molecule has 0 saturated heterocycles. The van der Waals surface area contributed by atoms with Gasteiger partial charge in [-0.3, -0.25) is 4.79 Å². The normalized spacial score (nSPS) is 12.6. The molecule has 2 N–H and O–H groups in total. The van der Waals surface area contributed by atoms with Gasteiger partial charge in [-0.25, -0.2) is 9.18 Å². The molecular formula is C18H18F4N2O3. The van der Waals surface area contributed by atoms with Crippen molar-refractivity contribution in [1.29, 1.82) is 0 Å². The van der Waals surface area contributed by atoms with E-state index in [0.29, 0.717) is 5.69 Å². The Balaban J connectivity index is 2.35. The fourth-order valence-electron chi connectivity index (χ4n) is 2.70. The van der Waals surface area contributed by atoms with Crippen LogP contribution in [0.1, 0.15) is 50.6 Å². The van der Waals surface area contributed by atoms with Crippen LogP contribution in [0, 0.1) is 19.7 Å². The van der Waals surface area contributed by atoms with Crippen molar-refractivity contribution >= 4 is 11.9 Å². The van der Waals surface area contributed by atoms with Crippen molar-refractivity contribution in [2.75, 3.05) is 6.61 Å². The number of carbonyl (C=O) groups excluding carboxylic acids is 2. The van der Waals surface area contributed by atoms with Gasteiger partial charge in [0.2, 0.25) is 0 Å². The fraction of sp³-hybridized carbons (Fsp3) is 0.333. The number of aromatic nitrogens is 1. The first-order valence-corrected chi connectivity index (χ1v) is 8.05. The highest BCUT2D eigenvalue weighted by molar-refractivity contribution is 6.00. The van der Waals surface area contributed by atoms with E-state index in [1.54, 1.807) is 6.92 Å². The summed E-state index contributed by atoms with van der Waals surface area (Å²) >= 11 is 0. The molecule has 0 spiro atoms. The average Bonchev–Trinajstić information content (AvgIpc) is 2.87. The highest BCUT2D eigenvalue weighted by Gasteiger charge is 2.42. The first-order chi connectivity index (χ1) is 12.6. The molecule has 1 heterocycles. The Morgan fingerprint density at radius 3 is 2.30 bits per heavy atom. The Labute approximate surface area is 152 Å². The van der Waals surface area contributed by atoms with E-state index in [-0.39, 0.29) is 29.0 Å². The third-order valence-electron chi connectivity index (χ3n) is 3.95. The lowest BCUT2D eigenvalue weighted by Gasteiger charge is -2.22. The zero-order valence-electron chi connectivity index (χ0n) is 14.8. The number of H-pyrrole nitrogens is 1. The summed E-state index contributed by atoms with van der Waals surface area (Å²) in [6.07, 6.45) is -4.80. The monoisotopic (exact) mass is 386 g/mol. The Morgan fingerprint density at radius 1 is 1.19 bits per heavy atom. The largest absolute Gasteiger partial charge is 0.462 e. The summed E-state index contributed by atoms with van der Waals surface area (Å²) in [5.74, 6) is -2.41. The molecule has 0 radical (unpaired) electrons. The van der Waals surface area contributed by atoms with Crippen molar-refractivity contribution in [1.82, 2.24) is 10.3 Å². The Morgan fingerprint density at radius 2 is 1.78 bits per heavy atom. The van der Waals surface area contributed by atoms with Crippen LogP contribution in [0.15, 0.2) is 24.3 Å². The van der Waals surface area contributed by atoms with Gasteiger partial charge in [0.1, 0.15) is 11.5 Å². The number of halogens is 4. The van der Waals surface area contributed by atoms with Crippen molar-refractivity contribution in [3.8, 4) is 0 Å². The molecule has 0 aliphatic carbocycles. The molecule has 2 rings (SSSR count). The van der Waals surface area contributed by atoms with E-state index in [2.05, 4.69) is 4.98 Å². The predicted octanol–water partition coefficient (Wildman–Crippen LogP) is 3.98. The van der Waals surface area contributed by atoms with Gasteiger partial charge in [0, 0.05) is 5.69 Å². The number of aryl methyl sites for hydroxylation is 1. The Hall–Kier alpha value is -2.84. The number of alkyl halides is 3. The molecule has 9 heteroatoms. The third-order valence-corrected chi connectivity index (χ3v) is 3.95. The van der Waals surface area contributed by atoms with E-state index in [1.807, 2.05) is 5.32 Å². The zero-order chi connectivity index (χ0) is 20.4. The van der Waals surface area contributed by atoms with Crippen molar-refractivity contribution in [2.45, 2.75) is 33.0 Å². The maximum absolute atomic E-state index is 13.4. The molecule has 0 bridgehead atoms. The summed E-state index contributed by atoms with van der Waals surface area (Å²) in [5, 5.41) is 1.89. The van der Waals surface area contributed by atoms with Crippen LogP contribution in [0.3, 0.4) is 0 Å². The lowest BCUT2D eigenvalue weighted by molar-refractivity contribution is -0.155. The van der Waals surface area contributed by atoms with Gasteiger partial charge < -0.3 is 15.0 Å². The first-order valence-electron chi connectivity index (χ1n) is 8.05. The Kier molecular flexibility index (Phi) is 5.92. The summed E-state index contributed by atoms with van der Waals surface area (Å²) in [5.41, 5.74) is 0.105. The number of aromatic amines is 1. The van der Waals surface area contributed by atoms with Gasteiger partial charge in [-0.2, -0.15) is 13.2 Å². The van der Waals surface area contributed by atoms with E-state index < -0.39 is 29.9 Å². The molecule has 5 nitrogen and oxygen atoms in total. The maximum atomic E-state index is 13.4. The van der Waals surface area contributed by atoms with Crippen LogP contribution in [0.2, 0.25) is 0 Å². The maximum Gasteiger partial charge on any atom is 0.412 e. The number of benzene rings is 1. The number of esters is 1. The topological polar surface area (TPSA) is 71.2 Å². The van der Waals surface area contributed by atoms with Crippen LogP contribution in [0.25, 0.3) is 0 Å². The lowest BCUT2D eigenvalue weighted by Crippen LogP contribution is -2.38. The van der Waals surface area contributed by atoms with Gasteiger partial charge in [-0.05, 0) is 44.0 Å². The molecule has 0 aliphatic heterocycles. The van der Waals surface area contributed by atoms with Crippen molar-refractivity contribution in [3.63, 3.8) is 0 Å². The van der Waals surface area contributed by atoms with Crippen LogP contribution in [0.4, 0.5) is 17.6 Å². The predicted molar refractivity (Wildman–Crippen MR) is 88.9 cm³/mol. The fourth-order valence-corrected chi connectivity index (χ4v) is 2.70. The van der Waals surface area contributed by atoms with Crippen LogP contribution in [-0.4, -0.2) is 29.6 Å². The molecule has 1 aromatic carbocycles. The second-order valence-corrected chi connectivity index (χ2v) is 5.85. The van der Waals surface area contributed by atoms with Crippen LogP contribution >= 0.6 is 0 Å². The smallest absolute Gasteiger partial charge is 0.412 e. The quantitative estimate of drug-likeness (QED) is 0.603. The zero-order valence-corrected chi connectivity index (χ0v) is 14.8. The molecule has 1 unspecified atom stereocenters. The third kappa shape index (κ3) is 4.47. The van der Waals surface area contributed by atoms with Gasteiger partial charge in [0.25, 0.3) is 5.91 Å². The summed E-state index contributed by atoms with van der Waals surface area (Å²) in [6.45, 7) is 4.67. The highest BCUT2D eigenvalue weighted by Crippen LogP contribution is 2.33. The number of carbonyl (C=O) groups is 2. The average molecular weight is 386 g/mol. The summed E-state index contributed by atoms with van der Waals surface area (Å²) in [7, 11) is 0. The molecular weight excluding hydrogens is 368 g/mol. The first kappa shape index (κ1) is 20.5. The molecule has 0 saturated carbocycles. The molecule has 0 fully saturated rings. The number of hydrogen-bond acceptors (Lipinski definition) is 3. The standard InChI is InChI=1S/C18H18F4N2O3/c1-4-27-17(26)13-9(2)14(23-10(13)3)16(25)24-15(18(20,21)22)11-5-7-12(19)8-6-11/h5-8,15,23H,4H2,1-3H3,(H,24,25).